The molecule has 0 atom stereocenters. The number of halogens is 1. The zero-order chi connectivity index (χ0) is 11.7. The lowest BCUT2D eigenvalue weighted by molar-refractivity contribution is -0.105. The van der Waals surface area contributed by atoms with Crippen LogP contribution in [0, 0.1) is 6.92 Å². The van der Waals surface area contributed by atoms with Gasteiger partial charge in [-0.2, -0.15) is 0 Å². The van der Waals surface area contributed by atoms with Crippen molar-refractivity contribution in [2.24, 2.45) is 0 Å². The Morgan fingerprint density at radius 1 is 1.60 bits per heavy atom. The second-order valence-corrected chi connectivity index (χ2v) is 4.66. The maximum atomic E-state index is 10.1. The van der Waals surface area contributed by atoms with E-state index >= 15 is 0 Å². The van der Waals surface area contributed by atoms with Gasteiger partial charge in [-0.1, -0.05) is 0 Å². The minimum atomic E-state index is 0.483. The molecule has 1 heterocycles. The van der Waals surface area contributed by atoms with Crippen LogP contribution in [0.4, 0.5) is 0 Å². The minimum Gasteiger partial charge on any atom is -0.323 e. The molecule has 0 aliphatic carbocycles. The van der Waals surface area contributed by atoms with E-state index in [-0.39, 0.29) is 0 Å². The van der Waals surface area contributed by atoms with Crippen LogP contribution >= 0.6 is 27.7 Å². The highest BCUT2D eigenvalue weighted by atomic mass is 79.9. The first-order valence-electron chi connectivity index (χ1n) is 4.42. The first kappa shape index (κ1) is 14.6. The summed E-state index contributed by atoms with van der Waals surface area (Å²) < 4.78 is 0.985. The van der Waals surface area contributed by atoms with E-state index < -0.39 is 0 Å². The van der Waals surface area contributed by atoms with Crippen LogP contribution in [0.15, 0.2) is 21.6 Å². The van der Waals surface area contributed by atoms with Crippen molar-refractivity contribution in [1.29, 1.82) is 0 Å². The maximum Gasteiger partial charge on any atom is 0.130 e. The molecule has 0 fully saturated rings. The summed E-state index contributed by atoms with van der Waals surface area (Å²) in [4.78, 5) is 15.2. The van der Waals surface area contributed by atoms with Crippen molar-refractivity contribution >= 4 is 34.0 Å². The van der Waals surface area contributed by atoms with Gasteiger partial charge >= 0.3 is 0 Å². The largest absolute Gasteiger partial charge is 0.323 e. The highest BCUT2D eigenvalue weighted by Crippen LogP contribution is 2.22. The average molecular weight is 291 g/mol. The molecule has 0 saturated carbocycles. The van der Waals surface area contributed by atoms with Gasteiger partial charge < -0.3 is 10.1 Å². The van der Waals surface area contributed by atoms with Gasteiger partial charge in [-0.3, -0.25) is 4.98 Å². The fourth-order valence-electron chi connectivity index (χ4n) is 0.698. The third-order valence-corrected chi connectivity index (χ3v) is 2.98. The molecule has 0 saturated heterocycles. The average Bonchev–Trinajstić information content (AvgIpc) is 2.21. The number of thioether (sulfide) groups is 1. The van der Waals surface area contributed by atoms with Crippen LogP contribution in [0.2, 0.25) is 0 Å². The van der Waals surface area contributed by atoms with Crippen molar-refractivity contribution in [3.8, 4) is 0 Å². The number of carbonyl (C=O) groups is 1. The zero-order valence-electron chi connectivity index (χ0n) is 9.08. The third-order valence-electron chi connectivity index (χ3n) is 1.32. The normalized spacial score (nSPS) is 9.07. The van der Waals surface area contributed by atoms with E-state index in [4.69, 9.17) is 0 Å². The maximum absolute atomic E-state index is 10.1. The zero-order valence-corrected chi connectivity index (χ0v) is 11.5. The number of nitrogens with one attached hydrogen (secondary N) is 1. The molecule has 15 heavy (non-hydrogen) atoms. The Labute approximate surface area is 103 Å². The predicted molar refractivity (Wildman–Crippen MR) is 68.4 cm³/mol. The van der Waals surface area contributed by atoms with Crippen molar-refractivity contribution in [2.75, 3.05) is 19.8 Å². The topological polar surface area (TPSA) is 42.0 Å². The number of rotatable bonds is 3. The van der Waals surface area contributed by atoms with Crippen molar-refractivity contribution in [1.82, 2.24) is 10.3 Å². The Morgan fingerprint density at radius 2 is 2.20 bits per heavy atom. The van der Waals surface area contributed by atoms with E-state index in [0.29, 0.717) is 5.75 Å². The number of aldehydes is 1. The summed E-state index contributed by atoms with van der Waals surface area (Å²) in [5.41, 5.74) is 0.963. The summed E-state index contributed by atoms with van der Waals surface area (Å²) >= 11 is 4.86. The molecule has 0 bridgehead atoms. The molecule has 0 unspecified atom stereocenters. The molecule has 0 amide bonds. The Bertz CT molecular complexity index is 307. The number of hydrogen-bond acceptors (Lipinski definition) is 4. The van der Waals surface area contributed by atoms with E-state index in [0.717, 1.165) is 21.3 Å². The molecular weight excluding hydrogens is 276 g/mol. The molecule has 5 heteroatoms. The molecule has 1 rings (SSSR count). The highest BCUT2D eigenvalue weighted by Gasteiger charge is 1.98. The van der Waals surface area contributed by atoms with Crippen molar-refractivity contribution in [3.63, 3.8) is 0 Å². The van der Waals surface area contributed by atoms with Gasteiger partial charge in [0.2, 0.25) is 0 Å². The van der Waals surface area contributed by atoms with E-state index in [1.165, 1.54) is 11.8 Å². The van der Waals surface area contributed by atoms with Crippen molar-refractivity contribution in [2.45, 2.75) is 11.8 Å². The molecule has 1 aromatic heterocycles. The van der Waals surface area contributed by atoms with E-state index in [9.17, 15) is 4.79 Å². The lowest BCUT2D eigenvalue weighted by Gasteiger charge is -1.99. The lowest BCUT2D eigenvalue weighted by Crippen LogP contribution is -1.89. The summed E-state index contributed by atoms with van der Waals surface area (Å²) in [5.74, 6) is 0.483. The van der Waals surface area contributed by atoms with Crippen LogP contribution in [0.1, 0.15) is 5.69 Å². The van der Waals surface area contributed by atoms with Crippen LogP contribution in [-0.4, -0.2) is 31.1 Å². The number of nitrogens with zero attached hydrogens (tertiary/aromatic N) is 1. The van der Waals surface area contributed by atoms with Gasteiger partial charge in [0.15, 0.2) is 0 Å². The van der Waals surface area contributed by atoms with Crippen LogP contribution in [0.25, 0.3) is 0 Å². The van der Waals surface area contributed by atoms with E-state index in [1.807, 2.05) is 27.1 Å². The molecule has 0 spiro atoms. The molecular formula is C10H15BrN2OS. The number of aromatic nitrogens is 1. The van der Waals surface area contributed by atoms with Gasteiger partial charge in [0.05, 0.1) is 11.4 Å². The predicted octanol–water partition coefficient (Wildman–Crippen LogP) is 2.28. The number of carbonyl (C=O) groups excluding carboxylic acids is 1. The van der Waals surface area contributed by atoms with Crippen LogP contribution < -0.4 is 5.32 Å². The van der Waals surface area contributed by atoms with Gasteiger partial charge in [0.1, 0.15) is 6.29 Å². The molecule has 1 aromatic rings. The van der Waals surface area contributed by atoms with Crippen LogP contribution in [-0.2, 0) is 4.79 Å². The van der Waals surface area contributed by atoms with Gasteiger partial charge in [-0.15, -0.1) is 11.8 Å². The minimum absolute atomic E-state index is 0.483. The summed E-state index contributed by atoms with van der Waals surface area (Å²) in [7, 11) is 3.75. The fourth-order valence-corrected chi connectivity index (χ4v) is 1.79. The summed E-state index contributed by atoms with van der Waals surface area (Å²) in [6.45, 7) is 1.93. The molecule has 3 nitrogen and oxygen atoms in total. The third kappa shape index (κ3) is 6.65. The van der Waals surface area contributed by atoms with Crippen LogP contribution in [0.3, 0.4) is 0 Å². The first-order chi connectivity index (χ1) is 7.15. The first-order valence-corrected chi connectivity index (χ1v) is 6.20. The van der Waals surface area contributed by atoms with Gasteiger partial charge in [-0.25, -0.2) is 0 Å². The van der Waals surface area contributed by atoms with E-state index in [1.54, 1.807) is 6.20 Å². The lowest BCUT2D eigenvalue weighted by atomic mass is 10.4. The summed E-state index contributed by atoms with van der Waals surface area (Å²) in [6.07, 6.45) is 2.66. The smallest absolute Gasteiger partial charge is 0.130 e. The quantitative estimate of drug-likeness (QED) is 0.685. The van der Waals surface area contributed by atoms with Gasteiger partial charge in [-0.05, 0) is 43.0 Å². The van der Waals surface area contributed by atoms with E-state index in [2.05, 4.69) is 26.2 Å². The second kappa shape index (κ2) is 8.88. The molecule has 0 aliphatic heterocycles. The van der Waals surface area contributed by atoms with Crippen molar-refractivity contribution in [3.05, 3.63) is 22.4 Å². The van der Waals surface area contributed by atoms with Gasteiger partial charge in [0, 0.05) is 15.6 Å². The molecule has 0 aromatic carbocycles. The Morgan fingerprint density at radius 3 is 2.67 bits per heavy atom. The summed E-state index contributed by atoms with van der Waals surface area (Å²) in [6, 6.07) is 1.97. The molecule has 0 radical (unpaired) electrons. The fraction of sp³-hybridized carbons (Fsp3) is 0.400. The molecule has 0 aliphatic rings. The Balaban J connectivity index is 0.000000583. The Kier molecular flexibility index (Phi) is 8.65. The second-order valence-electron chi connectivity index (χ2n) is 2.72. The monoisotopic (exact) mass is 290 g/mol. The highest BCUT2D eigenvalue weighted by molar-refractivity contribution is 9.10. The standard InChI is InChI=1S/C8H8BrNOS.C2H7N/c1-6-8(9)4-7(5-10-6)12-3-2-11;1-3-2/h2,4-5H,3H2,1H3;3H,1-2H3. The SMILES string of the molecule is CNC.Cc1ncc(SCC=O)cc1Br. The molecule has 84 valence electrons. The van der Waals surface area contributed by atoms with Crippen molar-refractivity contribution < 1.29 is 4.79 Å². The molecule has 1 N–H and O–H groups in total. The number of aryl methyl sites for hydroxylation is 1. The van der Waals surface area contributed by atoms with Crippen LogP contribution in [0.5, 0.6) is 0 Å². The number of pyridine rings is 1. The van der Waals surface area contributed by atoms with Gasteiger partial charge in [0.25, 0.3) is 0 Å². The Hall–Kier alpha value is -0.390. The summed E-state index contributed by atoms with van der Waals surface area (Å²) in [5, 5.41) is 2.75. The number of hydrogen-bond donors (Lipinski definition) is 1.